The molecule has 0 aromatic rings. The molecule has 0 aromatic carbocycles. The number of hydrogen-bond acceptors (Lipinski definition) is 9. The Kier molecular flexibility index (Phi) is 26.3. The van der Waals surface area contributed by atoms with Crippen LogP contribution in [0.15, 0.2) is 0 Å². The quantitative estimate of drug-likeness (QED) is 0.0286. The Balaban J connectivity index is 4.81. The highest BCUT2D eigenvalue weighted by Gasteiger charge is 2.35. The molecule has 0 aliphatic carbocycles. The lowest BCUT2D eigenvalue weighted by molar-refractivity contribution is -0.870. The van der Waals surface area contributed by atoms with Crippen LogP contribution in [0.2, 0.25) is 0 Å². The number of carbonyl (C=O) groups excluding carboxylic acids is 3. The maximum Gasteiger partial charge on any atom is 0.306 e. The molecular weight excluding hydrogens is 585 g/mol. The van der Waals surface area contributed by atoms with Crippen LogP contribution in [-0.4, -0.2) is 80.7 Å². The molecule has 0 radical (unpaired) electrons. The van der Waals surface area contributed by atoms with Gasteiger partial charge in [0.25, 0.3) is 7.82 Å². The fraction of sp³-hybridized carbons (Fsp3) is 0.909. The van der Waals surface area contributed by atoms with Gasteiger partial charge in [-0.25, -0.2) is 0 Å². The summed E-state index contributed by atoms with van der Waals surface area (Å²) in [6, 6.07) is 0. The molecule has 11 heteroatoms. The van der Waals surface area contributed by atoms with Gasteiger partial charge in [0.15, 0.2) is 18.0 Å². The normalized spacial score (nSPS) is 14.6. The predicted octanol–water partition coefficient (Wildman–Crippen LogP) is 6.45. The van der Waals surface area contributed by atoms with Gasteiger partial charge in [-0.2, -0.15) is 0 Å². The number of aldehydes is 1. The molecule has 0 fully saturated rings. The van der Waals surface area contributed by atoms with Crippen LogP contribution in [0.1, 0.15) is 142 Å². The number of ether oxygens (including phenoxy) is 1. The molecule has 0 saturated carbocycles. The van der Waals surface area contributed by atoms with Crippen LogP contribution < -0.4 is 4.89 Å². The summed E-state index contributed by atoms with van der Waals surface area (Å²) in [4.78, 5) is 48.7. The minimum Gasteiger partial charge on any atom is -0.756 e. The highest BCUT2D eigenvalue weighted by Crippen LogP contribution is 2.41. The molecule has 0 bridgehead atoms. The topological polar surface area (TPSA) is 139 Å². The zero-order valence-electron chi connectivity index (χ0n) is 28.3. The molecule has 44 heavy (non-hydrogen) atoms. The van der Waals surface area contributed by atoms with Crippen LogP contribution >= 0.6 is 7.82 Å². The molecule has 0 saturated heterocycles. The molecule has 0 heterocycles. The van der Waals surface area contributed by atoms with E-state index in [-0.39, 0.29) is 19.4 Å². The first-order chi connectivity index (χ1) is 21.0. The van der Waals surface area contributed by atoms with E-state index in [0.29, 0.717) is 30.3 Å². The van der Waals surface area contributed by atoms with Gasteiger partial charge >= 0.3 is 5.97 Å². The van der Waals surface area contributed by atoms with Crippen molar-refractivity contribution in [3.63, 3.8) is 0 Å². The van der Waals surface area contributed by atoms with Crippen LogP contribution in [0, 0.1) is 0 Å². The van der Waals surface area contributed by atoms with Crippen LogP contribution in [0.3, 0.4) is 0 Å². The number of phosphoric ester groups is 1. The number of hydrogen-bond donors (Lipinski definition) is 1. The number of nitrogens with zero attached hydrogens (tertiary/aromatic N) is 1. The molecule has 260 valence electrons. The molecule has 0 amide bonds. The van der Waals surface area contributed by atoms with E-state index < -0.39 is 38.4 Å². The fourth-order valence-electron chi connectivity index (χ4n) is 4.84. The molecule has 10 nitrogen and oxygen atoms in total. The van der Waals surface area contributed by atoms with E-state index in [1.165, 1.54) is 57.8 Å². The third-order valence-electron chi connectivity index (χ3n) is 7.60. The first-order valence-corrected chi connectivity index (χ1v) is 18.6. The van der Waals surface area contributed by atoms with Crippen LogP contribution in [-0.2, 0) is 32.7 Å². The number of aliphatic hydroxyl groups excluding tert-OH is 1. The summed E-state index contributed by atoms with van der Waals surface area (Å²) in [7, 11) is 0.731. The van der Waals surface area contributed by atoms with E-state index in [2.05, 4.69) is 6.92 Å². The second-order valence-electron chi connectivity index (χ2n) is 13.0. The van der Waals surface area contributed by atoms with E-state index in [1.807, 2.05) is 21.1 Å². The number of aliphatic hydroxyl groups is 1. The van der Waals surface area contributed by atoms with Crippen molar-refractivity contribution >= 4 is 25.9 Å². The lowest BCUT2D eigenvalue weighted by atomic mass is 10.0. The first-order valence-electron chi connectivity index (χ1n) is 17.2. The molecule has 0 rings (SSSR count). The summed E-state index contributed by atoms with van der Waals surface area (Å²) >= 11 is 0. The maximum atomic E-state index is 13.2. The van der Waals surface area contributed by atoms with Crippen molar-refractivity contribution in [1.82, 2.24) is 0 Å². The highest BCUT2D eigenvalue weighted by atomic mass is 31.2. The smallest absolute Gasteiger partial charge is 0.306 e. The van der Waals surface area contributed by atoms with Crippen molar-refractivity contribution in [3.05, 3.63) is 0 Å². The zero-order chi connectivity index (χ0) is 33.1. The SMILES string of the molecule is CCCCCCCCCCCCCCCC(=O)C(OP(=O)([O-])OCC[N+](C)(C)C)[C@H](CO)OC(=O)CCCCCCCC=O. The van der Waals surface area contributed by atoms with Crippen molar-refractivity contribution in [2.75, 3.05) is 40.9 Å². The van der Waals surface area contributed by atoms with Crippen molar-refractivity contribution in [2.45, 2.75) is 154 Å². The molecule has 0 spiro atoms. The Hall–Kier alpha value is -1.16. The third-order valence-corrected chi connectivity index (χ3v) is 8.59. The summed E-state index contributed by atoms with van der Waals surface area (Å²) in [5.74, 6) is -1.17. The Morgan fingerprint density at radius 2 is 1.27 bits per heavy atom. The number of carbonyl (C=O) groups is 3. The molecular formula is C33H64NO9P. The van der Waals surface area contributed by atoms with Gasteiger partial charge in [0.05, 0.1) is 27.7 Å². The Morgan fingerprint density at radius 3 is 1.75 bits per heavy atom. The third kappa shape index (κ3) is 26.1. The lowest BCUT2D eigenvalue weighted by Gasteiger charge is -2.32. The van der Waals surface area contributed by atoms with Crippen molar-refractivity contribution < 1.29 is 47.2 Å². The molecule has 0 aliphatic rings. The van der Waals surface area contributed by atoms with Gasteiger partial charge < -0.3 is 33.1 Å². The van der Waals surface area contributed by atoms with Gasteiger partial charge in [-0.3, -0.25) is 14.2 Å². The van der Waals surface area contributed by atoms with E-state index in [4.69, 9.17) is 13.8 Å². The molecule has 0 aromatic heterocycles. The number of Topliss-reactive ketones (excluding diaryl/α,β-unsaturated/α-hetero) is 1. The number of rotatable bonds is 32. The van der Waals surface area contributed by atoms with Gasteiger partial charge in [0.2, 0.25) is 0 Å². The van der Waals surface area contributed by atoms with Crippen molar-refractivity contribution in [2.24, 2.45) is 0 Å². The van der Waals surface area contributed by atoms with Gasteiger partial charge in [-0.05, 0) is 19.3 Å². The number of phosphoric acid groups is 1. The Morgan fingerprint density at radius 1 is 0.795 bits per heavy atom. The minimum absolute atomic E-state index is 0.0517. The first kappa shape index (κ1) is 42.8. The number of ketones is 1. The largest absolute Gasteiger partial charge is 0.756 e. The Bertz CT molecular complexity index is 788. The van der Waals surface area contributed by atoms with Crippen LogP contribution in [0.5, 0.6) is 0 Å². The van der Waals surface area contributed by atoms with E-state index in [0.717, 1.165) is 51.2 Å². The van der Waals surface area contributed by atoms with Gasteiger partial charge in [0.1, 0.15) is 19.4 Å². The number of likely N-dealkylation sites (N-methyl/N-ethyl adjacent to an activating group) is 1. The summed E-state index contributed by atoms with van der Waals surface area (Å²) < 4.78 is 28.6. The average molecular weight is 650 g/mol. The highest BCUT2D eigenvalue weighted by molar-refractivity contribution is 7.45. The van der Waals surface area contributed by atoms with Gasteiger partial charge in [-0.1, -0.05) is 103 Å². The Labute approximate surface area is 267 Å². The summed E-state index contributed by atoms with van der Waals surface area (Å²) in [5.41, 5.74) is 0. The number of unbranched alkanes of at least 4 members (excludes halogenated alkanes) is 17. The fourth-order valence-corrected chi connectivity index (χ4v) is 5.74. The van der Waals surface area contributed by atoms with E-state index in [9.17, 15) is 28.9 Å². The second kappa shape index (κ2) is 27.0. The average Bonchev–Trinajstić information content (AvgIpc) is 2.95. The number of esters is 1. The van der Waals surface area contributed by atoms with Crippen molar-refractivity contribution in [3.8, 4) is 0 Å². The molecule has 1 N–H and O–H groups in total. The van der Waals surface area contributed by atoms with Crippen LogP contribution in [0.25, 0.3) is 0 Å². The molecule has 2 unspecified atom stereocenters. The molecule has 3 atom stereocenters. The number of quaternary nitrogens is 1. The van der Waals surface area contributed by atoms with Crippen molar-refractivity contribution in [1.29, 1.82) is 0 Å². The lowest BCUT2D eigenvalue weighted by Crippen LogP contribution is -2.43. The van der Waals surface area contributed by atoms with Gasteiger partial charge in [-0.15, -0.1) is 0 Å². The van der Waals surface area contributed by atoms with Crippen LogP contribution in [0.4, 0.5) is 0 Å². The summed E-state index contributed by atoms with van der Waals surface area (Å²) in [6.45, 7) is 1.72. The monoisotopic (exact) mass is 649 g/mol. The predicted molar refractivity (Wildman–Crippen MR) is 172 cm³/mol. The standard InChI is InChI=1S/C33H64NO9P/c1-5-6-7-8-9-10-11-12-13-14-15-18-21-24-30(37)33(43-44(39,40)41-28-26-34(2,3)4)31(29-36)42-32(38)25-22-19-16-17-20-23-27-35/h27,31,33,36H,5-26,28-29H2,1-4H3/t31-,33?/m0/s1. The van der Waals surface area contributed by atoms with E-state index >= 15 is 0 Å². The zero-order valence-corrected chi connectivity index (χ0v) is 29.2. The molecule has 0 aliphatic heterocycles. The summed E-state index contributed by atoms with van der Waals surface area (Å²) in [6.07, 6.45) is 17.3. The second-order valence-corrected chi connectivity index (χ2v) is 14.3. The summed E-state index contributed by atoms with van der Waals surface area (Å²) in [5, 5.41) is 9.98. The van der Waals surface area contributed by atoms with E-state index in [1.54, 1.807) is 0 Å². The minimum atomic E-state index is -4.92. The van der Waals surface area contributed by atoms with Gasteiger partial charge in [0, 0.05) is 19.3 Å². The maximum absolute atomic E-state index is 13.2.